The second-order valence-electron chi connectivity index (χ2n) is 7.30. The van der Waals surface area contributed by atoms with E-state index in [2.05, 4.69) is 27.8 Å². The van der Waals surface area contributed by atoms with Crippen molar-refractivity contribution in [3.63, 3.8) is 0 Å². The third kappa shape index (κ3) is 4.22. The molecule has 6 heteroatoms. The summed E-state index contributed by atoms with van der Waals surface area (Å²) in [4.78, 5) is 15.1. The molecule has 0 spiro atoms. The van der Waals surface area contributed by atoms with E-state index in [4.69, 9.17) is 0 Å². The number of carbonyl (C=O) groups excluding carboxylic acids is 1. The number of hydrogen-bond acceptors (Lipinski definition) is 4. The van der Waals surface area contributed by atoms with Crippen LogP contribution in [0.25, 0.3) is 11.4 Å². The molecule has 2 aromatic rings. The fourth-order valence-electron chi connectivity index (χ4n) is 3.66. The molecule has 0 unspecified atom stereocenters. The second-order valence-corrected chi connectivity index (χ2v) is 8.24. The summed E-state index contributed by atoms with van der Waals surface area (Å²) in [7, 11) is 0. The number of amides is 1. The summed E-state index contributed by atoms with van der Waals surface area (Å²) in [5, 5.41) is 9.50. The largest absolute Gasteiger partial charge is 0.313 e. The molecule has 1 amide bonds. The van der Waals surface area contributed by atoms with Gasteiger partial charge in [-0.3, -0.25) is 9.36 Å². The predicted molar refractivity (Wildman–Crippen MR) is 113 cm³/mol. The lowest BCUT2D eigenvalue weighted by molar-refractivity contribution is -0.127. The Morgan fingerprint density at radius 3 is 2.75 bits per heavy atom. The molecule has 146 valence electrons. The van der Waals surface area contributed by atoms with Gasteiger partial charge in [0.1, 0.15) is 0 Å². The van der Waals surface area contributed by atoms with Crippen molar-refractivity contribution >= 4 is 17.7 Å². The molecule has 5 nitrogen and oxygen atoms in total. The first kappa shape index (κ1) is 19.0. The molecule has 1 heterocycles. The number of hydrogen-bond donors (Lipinski definition) is 0. The highest BCUT2D eigenvalue weighted by Crippen LogP contribution is 2.34. The van der Waals surface area contributed by atoms with E-state index in [1.54, 1.807) is 0 Å². The first-order valence-corrected chi connectivity index (χ1v) is 11.0. The molecule has 2 aliphatic rings. The van der Waals surface area contributed by atoms with E-state index in [9.17, 15) is 4.79 Å². The fourth-order valence-corrected chi connectivity index (χ4v) is 4.46. The number of benzene rings is 1. The van der Waals surface area contributed by atoms with Gasteiger partial charge in [-0.25, -0.2) is 0 Å². The lowest BCUT2D eigenvalue weighted by Gasteiger charge is -2.27. The number of thioether (sulfide) groups is 1. The highest BCUT2D eigenvalue weighted by molar-refractivity contribution is 7.99. The SMILES string of the molecule is C=CCn1c(SCC(=O)N(C2=CCCCC2)C2CC2)nnc1-c1ccccc1. The van der Waals surface area contributed by atoms with E-state index in [1.807, 2.05) is 41.0 Å². The van der Waals surface area contributed by atoms with Crippen molar-refractivity contribution in [3.05, 3.63) is 54.8 Å². The number of rotatable bonds is 8. The minimum atomic E-state index is 0.190. The van der Waals surface area contributed by atoms with Gasteiger partial charge in [-0.15, -0.1) is 16.8 Å². The Kier molecular flexibility index (Phi) is 5.95. The van der Waals surface area contributed by atoms with Crippen LogP contribution in [0, 0.1) is 0 Å². The van der Waals surface area contributed by atoms with Crippen LogP contribution in [0.2, 0.25) is 0 Å². The van der Waals surface area contributed by atoms with Crippen LogP contribution < -0.4 is 0 Å². The van der Waals surface area contributed by atoms with Gasteiger partial charge in [0, 0.05) is 23.8 Å². The van der Waals surface area contributed by atoms with Gasteiger partial charge >= 0.3 is 0 Å². The van der Waals surface area contributed by atoms with Gasteiger partial charge in [-0.05, 0) is 38.5 Å². The summed E-state index contributed by atoms with van der Waals surface area (Å²) < 4.78 is 2.03. The lowest BCUT2D eigenvalue weighted by Crippen LogP contribution is -2.34. The van der Waals surface area contributed by atoms with Crippen LogP contribution >= 0.6 is 11.8 Å². The van der Waals surface area contributed by atoms with Crippen LogP contribution in [0.4, 0.5) is 0 Å². The van der Waals surface area contributed by atoms with Gasteiger partial charge < -0.3 is 4.90 Å². The number of allylic oxidation sites excluding steroid dienone is 3. The summed E-state index contributed by atoms with van der Waals surface area (Å²) in [6.45, 7) is 4.48. The van der Waals surface area contributed by atoms with E-state index in [0.29, 0.717) is 18.3 Å². The highest BCUT2D eigenvalue weighted by Gasteiger charge is 2.35. The standard InChI is InChI=1S/C22H26N4OS/c1-2-15-25-21(17-9-5-3-6-10-17)23-24-22(25)28-16-20(27)26(19-13-14-19)18-11-7-4-8-12-18/h2-3,5-6,9-11,19H,1,4,7-8,12-16H2. The molecule has 0 bridgehead atoms. The summed E-state index contributed by atoms with van der Waals surface area (Å²) in [6, 6.07) is 10.4. The summed E-state index contributed by atoms with van der Waals surface area (Å²) >= 11 is 1.47. The molecule has 4 rings (SSSR count). The van der Waals surface area contributed by atoms with Crippen molar-refractivity contribution in [3.8, 4) is 11.4 Å². The normalized spacial score (nSPS) is 16.5. The van der Waals surface area contributed by atoms with Crippen LogP contribution in [-0.2, 0) is 11.3 Å². The van der Waals surface area contributed by atoms with Crippen LogP contribution in [-0.4, -0.2) is 37.4 Å². The van der Waals surface area contributed by atoms with Gasteiger partial charge in [-0.1, -0.05) is 54.2 Å². The van der Waals surface area contributed by atoms with Gasteiger partial charge in [0.2, 0.25) is 5.91 Å². The first-order chi connectivity index (χ1) is 13.8. The van der Waals surface area contributed by atoms with Crippen LogP contribution in [0.15, 0.2) is 59.9 Å². The molecule has 1 saturated carbocycles. The minimum Gasteiger partial charge on any atom is -0.313 e. The predicted octanol–water partition coefficient (Wildman–Crippen LogP) is 4.67. The van der Waals surface area contributed by atoms with Gasteiger partial charge in [-0.2, -0.15) is 0 Å². The molecule has 28 heavy (non-hydrogen) atoms. The molecule has 0 atom stereocenters. The average molecular weight is 395 g/mol. The maximum Gasteiger partial charge on any atom is 0.237 e. The van der Waals surface area contributed by atoms with Crippen molar-refractivity contribution in [1.82, 2.24) is 19.7 Å². The quantitative estimate of drug-likeness (QED) is 0.482. The molecule has 1 aromatic heterocycles. The Bertz CT molecular complexity index is 870. The molecule has 0 aliphatic heterocycles. The second kappa shape index (κ2) is 8.78. The molecule has 0 saturated heterocycles. The Hall–Kier alpha value is -2.34. The van der Waals surface area contributed by atoms with Gasteiger partial charge in [0.05, 0.1) is 5.75 Å². The van der Waals surface area contributed by atoms with Crippen LogP contribution in [0.3, 0.4) is 0 Å². The molecule has 2 aliphatic carbocycles. The van der Waals surface area contributed by atoms with E-state index in [1.165, 1.54) is 30.3 Å². The molecule has 1 fully saturated rings. The van der Waals surface area contributed by atoms with Crippen molar-refractivity contribution in [2.45, 2.75) is 56.3 Å². The average Bonchev–Trinajstić information content (AvgIpc) is 3.48. The Morgan fingerprint density at radius 2 is 2.07 bits per heavy atom. The maximum absolute atomic E-state index is 13.0. The van der Waals surface area contributed by atoms with E-state index in [0.717, 1.165) is 42.2 Å². The van der Waals surface area contributed by atoms with Gasteiger partial charge in [0.25, 0.3) is 0 Å². The molecular weight excluding hydrogens is 368 g/mol. The summed E-state index contributed by atoms with van der Waals surface area (Å²) in [5.74, 6) is 1.39. The minimum absolute atomic E-state index is 0.190. The Balaban J connectivity index is 1.49. The van der Waals surface area contributed by atoms with E-state index >= 15 is 0 Å². The smallest absolute Gasteiger partial charge is 0.237 e. The Labute approximate surface area is 170 Å². The highest BCUT2D eigenvalue weighted by atomic mass is 32.2. The van der Waals surface area contributed by atoms with Gasteiger partial charge in [0.15, 0.2) is 11.0 Å². The van der Waals surface area contributed by atoms with Crippen molar-refractivity contribution in [1.29, 1.82) is 0 Å². The summed E-state index contributed by atoms with van der Waals surface area (Å²) in [6.07, 6.45) is 10.9. The number of carbonyl (C=O) groups is 1. The molecule has 1 aromatic carbocycles. The van der Waals surface area contributed by atoms with E-state index in [-0.39, 0.29) is 5.91 Å². The zero-order valence-corrected chi connectivity index (χ0v) is 16.9. The maximum atomic E-state index is 13.0. The summed E-state index contributed by atoms with van der Waals surface area (Å²) in [5.41, 5.74) is 2.25. The van der Waals surface area contributed by atoms with Crippen molar-refractivity contribution < 1.29 is 4.79 Å². The van der Waals surface area contributed by atoms with Crippen molar-refractivity contribution in [2.24, 2.45) is 0 Å². The number of aromatic nitrogens is 3. The van der Waals surface area contributed by atoms with Crippen LogP contribution in [0.5, 0.6) is 0 Å². The van der Waals surface area contributed by atoms with Crippen molar-refractivity contribution in [2.75, 3.05) is 5.75 Å². The zero-order chi connectivity index (χ0) is 19.3. The molecule has 0 N–H and O–H groups in total. The first-order valence-electron chi connectivity index (χ1n) is 10.0. The zero-order valence-electron chi connectivity index (χ0n) is 16.1. The van der Waals surface area contributed by atoms with E-state index < -0.39 is 0 Å². The monoisotopic (exact) mass is 394 g/mol. The topological polar surface area (TPSA) is 51.0 Å². The third-order valence-electron chi connectivity index (χ3n) is 5.14. The Morgan fingerprint density at radius 1 is 1.25 bits per heavy atom. The lowest BCUT2D eigenvalue weighted by atomic mass is 10.0. The fraction of sp³-hybridized carbons (Fsp3) is 0.409. The third-order valence-corrected chi connectivity index (χ3v) is 6.09. The number of nitrogens with zero attached hydrogens (tertiary/aromatic N) is 4. The molecule has 0 radical (unpaired) electrons. The van der Waals surface area contributed by atoms with Crippen LogP contribution in [0.1, 0.15) is 38.5 Å². The molecular formula is C22H26N4OS.